The van der Waals surface area contributed by atoms with Crippen LogP contribution in [0.4, 0.5) is 17.1 Å². The Hall–Kier alpha value is -3.13. The van der Waals surface area contributed by atoms with Gasteiger partial charge in [-0.25, -0.2) is 0 Å². The number of benzene rings is 2. The van der Waals surface area contributed by atoms with Crippen molar-refractivity contribution in [2.45, 2.75) is 6.42 Å². The van der Waals surface area contributed by atoms with E-state index in [0.717, 1.165) is 0 Å². The van der Waals surface area contributed by atoms with Crippen molar-refractivity contribution in [2.75, 3.05) is 23.9 Å². The second-order valence-corrected chi connectivity index (χ2v) is 6.45. The van der Waals surface area contributed by atoms with E-state index in [1.807, 2.05) is 0 Å². The number of nitrogens with zero attached hydrogens (tertiary/aromatic N) is 2. The normalized spacial score (nSPS) is 16.3. The quantitative estimate of drug-likeness (QED) is 0.624. The summed E-state index contributed by atoms with van der Waals surface area (Å²) in [6.07, 6.45) is 0.0501. The summed E-state index contributed by atoms with van der Waals surface area (Å²) in [5, 5.41) is 13.8. The van der Waals surface area contributed by atoms with Crippen molar-refractivity contribution < 1.29 is 19.2 Å². The molecule has 2 aromatic carbocycles. The Kier molecular flexibility index (Phi) is 5.27. The van der Waals surface area contributed by atoms with Crippen LogP contribution in [0.3, 0.4) is 0 Å². The van der Waals surface area contributed by atoms with Crippen molar-refractivity contribution >= 4 is 40.5 Å². The Balaban J connectivity index is 1.72. The van der Waals surface area contributed by atoms with Gasteiger partial charge in [0, 0.05) is 35.8 Å². The molecule has 1 heterocycles. The second kappa shape index (κ2) is 7.63. The molecule has 1 saturated heterocycles. The first-order valence-corrected chi connectivity index (χ1v) is 8.46. The molecule has 9 heteroatoms. The number of ether oxygens (including phenoxy) is 1. The molecule has 1 atom stereocenters. The number of anilines is 2. The van der Waals surface area contributed by atoms with E-state index in [1.54, 1.807) is 18.2 Å². The number of rotatable bonds is 5. The van der Waals surface area contributed by atoms with Gasteiger partial charge in [0.15, 0.2) is 0 Å². The molecule has 0 aromatic heterocycles. The van der Waals surface area contributed by atoms with E-state index in [2.05, 4.69) is 5.32 Å². The van der Waals surface area contributed by atoms with Gasteiger partial charge in [-0.3, -0.25) is 19.7 Å². The van der Waals surface area contributed by atoms with E-state index in [4.69, 9.17) is 16.3 Å². The highest BCUT2D eigenvalue weighted by molar-refractivity contribution is 6.31. The maximum absolute atomic E-state index is 12.5. The Morgan fingerprint density at radius 2 is 2.00 bits per heavy atom. The molecule has 2 aromatic rings. The molecule has 0 aliphatic carbocycles. The first-order chi connectivity index (χ1) is 12.9. The lowest BCUT2D eigenvalue weighted by atomic mass is 10.1. The first-order valence-electron chi connectivity index (χ1n) is 8.08. The zero-order valence-electron chi connectivity index (χ0n) is 14.3. The standard InChI is InChI=1S/C18H16ClN3O5/c1-27-16-7-2-12(19)9-15(16)21-10-11(8-17(21)23)18(24)20-13-3-5-14(6-4-13)22(25)26/h2-7,9,11H,8,10H2,1H3,(H,20,24)/t11-/m1/s1. The van der Waals surface area contributed by atoms with Crippen molar-refractivity contribution in [1.29, 1.82) is 0 Å². The van der Waals surface area contributed by atoms with Crippen LogP contribution in [-0.4, -0.2) is 30.4 Å². The smallest absolute Gasteiger partial charge is 0.269 e. The molecule has 140 valence electrons. The highest BCUT2D eigenvalue weighted by Crippen LogP contribution is 2.35. The van der Waals surface area contributed by atoms with Gasteiger partial charge in [0.05, 0.1) is 23.6 Å². The average molecular weight is 390 g/mol. The van der Waals surface area contributed by atoms with Gasteiger partial charge >= 0.3 is 0 Å². The van der Waals surface area contributed by atoms with Gasteiger partial charge in [-0.1, -0.05) is 11.6 Å². The second-order valence-electron chi connectivity index (χ2n) is 6.01. The fraction of sp³-hybridized carbons (Fsp3) is 0.222. The highest BCUT2D eigenvalue weighted by atomic mass is 35.5. The summed E-state index contributed by atoms with van der Waals surface area (Å²) < 4.78 is 5.27. The lowest BCUT2D eigenvalue weighted by Gasteiger charge is -2.19. The average Bonchev–Trinajstić information content (AvgIpc) is 3.04. The molecule has 3 rings (SSSR count). The number of hydrogen-bond donors (Lipinski definition) is 1. The van der Waals surface area contributed by atoms with Gasteiger partial charge in [0.2, 0.25) is 11.8 Å². The molecular formula is C18H16ClN3O5. The van der Waals surface area contributed by atoms with Crippen LogP contribution in [0.25, 0.3) is 0 Å². The predicted octanol–water partition coefficient (Wildman–Crippen LogP) is 3.25. The minimum Gasteiger partial charge on any atom is -0.495 e. The lowest BCUT2D eigenvalue weighted by Crippen LogP contribution is -2.28. The monoisotopic (exact) mass is 389 g/mol. The van der Waals surface area contributed by atoms with Gasteiger partial charge in [-0.05, 0) is 30.3 Å². The van der Waals surface area contributed by atoms with E-state index in [1.165, 1.54) is 36.3 Å². The fourth-order valence-electron chi connectivity index (χ4n) is 2.90. The molecule has 8 nitrogen and oxygen atoms in total. The van der Waals surface area contributed by atoms with E-state index in [0.29, 0.717) is 22.1 Å². The molecule has 1 N–H and O–H groups in total. The Morgan fingerprint density at radius 1 is 1.30 bits per heavy atom. The van der Waals surface area contributed by atoms with Crippen LogP contribution < -0.4 is 15.0 Å². The lowest BCUT2D eigenvalue weighted by molar-refractivity contribution is -0.384. The molecule has 0 saturated carbocycles. The molecule has 1 aliphatic heterocycles. The molecule has 0 radical (unpaired) electrons. The molecular weight excluding hydrogens is 374 g/mol. The summed E-state index contributed by atoms with van der Waals surface area (Å²) in [7, 11) is 1.49. The summed E-state index contributed by atoms with van der Waals surface area (Å²) in [6, 6.07) is 10.4. The minimum absolute atomic E-state index is 0.0501. The number of non-ortho nitro benzene ring substituents is 1. The third-order valence-electron chi connectivity index (χ3n) is 4.27. The third kappa shape index (κ3) is 4.01. The first kappa shape index (κ1) is 18.7. The number of nitrogens with one attached hydrogen (secondary N) is 1. The summed E-state index contributed by atoms with van der Waals surface area (Å²) >= 11 is 6.02. The molecule has 0 spiro atoms. The van der Waals surface area contributed by atoms with Crippen LogP contribution in [0, 0.1) is 16.0 Å². The molecule has 1 aliphatic rings. The van der Waals surface area contributed by atoms with Crippen molar-refractivity contribution in [3.8, 4) is 5.75 Å². The molecule has 1 fully saturated rings. The number of halogens is 1. The SMILES string of the molecule is COc1ccc(Cl)cc1N1C[C@H](C(=O)Nc2ccc([N+](=O)[O-])cc2)CC1=O. The zero-order chi connectivity index (χ0) is 19.6. The van der Waals surface area contributed by atoms with Gasteiger partial charge < -0.3 is 15.0 Å². The number of amides is 2. The predicted molar refractivity (Wildman–Crippen MR) is 100 cm³/mol. The summed E-state index contributed by atoms with van der Waals surface area (Å²) in [6.45, 7) is 0.189. The van der Waals surface area contributed by atoms with Crippen LogP contribution in [0.2, 0.25) is 5.02 Å². The van der Waals surface area contributed by atoms with Crippen LogP contribution in [0.5, 0.6) is 5.75 Å². The zero-order valence-corrected chi connectivity index (χ0v) is 15.1. The van der Waals surface area contributed by atoms with Gasteiger partial charge in [0.1, 0.15) is 5.75 Å². The summed E-state index contributed by atoms with van der Waals surface area (Å²) in [5.41, 5.74) is 0.876. The van der Waals surface area contributed by atoms with Gasteiger partial charge in [-0.15, -0.1) is 0 Å². The van der Waals surface area contributed by atoms with Crippen LogP contribution in [0.15, 0.2) is 42.5 Å². The van der Waals surface area contributed by atoms with Crippen LogP contribution >= 0.6 is 11.6 Å². The Labute approximate surface area is 159 Å². The number of carbonyl (C=O) groups is 2. The number of carbonyl (C=O) groups excluding carboxylic acids is 2. The van der Waals surface area contributed by atoms with E-state index < -0.39 is 10.8 Å². The molecule has 0 unspecified atom stereocenters. The third-order valence-corrected chi connectivity index (χ3v) is 4.51. The minimum atomic E-state index is -0.559. The van der Waals surface area contributed by atoms with E-state index in [9.17, 15) is 19.7 Å². The number of nitro groups is 1. The highest BCUT2D eigenvalue weighted by Gasteiger charge is 2.36. The number of methoxy groups -OCH3 is 1. The maximum Gasteiger partial charge on any atom is 0.269 e. The molecule has 27 heavy (non-hydrogen) atoms. The Morgan fingerprint density at radius 3 is 2.63 bits per heavy atom. The fourth-order valence-corrected chi connectivity index (χ4v) is 3.07. The summed E-state index contributed by atoms with van der Waals surface area (Å²) in [5.74, 6) is -0.610. The number of hydrogen-bond acceptors (Lipinski definition) is 5. The van der Waals surface area contributed by atoms with Gasteiger partial charge in [-0.2, -0.15) is 0 Å². The van der Waals surface area contributed by atoms with Crippen molar-refractivity contribution in [1.82, 2.24) is 0 Å². The van der Waals surface area contributed by atoms with Crippen molar-refractivity contribution in [3.05, 3.63) is 57.6 Å². The van der Waals surface area contributed by atoms with Crippen LogP contribution in [0.1, 0.15) is 6.42 Å². The number of nitro benzene ring substituents is 1. The van der Waals surface area contributed by atoms with Crippen molar-refractivity contribution in [2.24, 2.45) is 5.92 Å². The maximum atomic E-state index is 12.5. The molecule has 2 amide bonds. The topological polar surface area (TPSA) is 102 Å². The van der Waals surface area contributed by atoms with Crippen molar-refractivity contribution in [3.63, 3.8) is 0 Å². The Bertz CT molecular complexity index is 900. The molecule has 0 bridgehead atoms. The largest absolute Gasteiger partial charge is 0.495 e. The van der Waals surface area contributed by atoms with Crippen LogP contribution in [-0.2, 0) is 9.59 Å². The van der Waals surface area contributed by atoms with E-state index >= 15 is 0 Å². The van der Waals surface area contributed by atoms with Gasteiger partial charge in [0.25, 0.3) is 5.69 Å². The summed E-state index contributed by atoms with van der Waals surface area (Å²) in [4.78, 5) is 36.6. The van der Waals surface area contributed by atoms with E-state index in [-0.39, 0.29) is 30.5 Å².